The van der Waals surface area contributed by atoms with Crippen molar-refractivity contribution in [1.82, 2.24) is 45.2 Å². The lowest BCUT2D eigenvalue weighted by Gasteiger charge is -2.16. The van der Waals surface area contributed by atoms with E-state index >= 15 is 0 Å². The van der Waals surface area contributed by atoms with E-state index in [4.69, 9.17) is 4.98 Å². The van der Waals surface area contributed by atoms with Crippen molar-refractivity contribution >= 4 is 35.2 Å². The van der Waals surface area contributed by atoms with Gasteiger partial charge in [0.15, 0.2) is 11.6 Å². The Balaban J connectivity index is 0.000000211. The number of halogens is 1. The second kappa shape index (κ2) is 16.4. The number of terminal acetylenes is 2. The summed E-state index contributed by atoms with van der Waals surface area (Å²) in [5, 5.41) is 27.1. The van der Waals surface area contributed by atoms with Gasteiger partial charge in [0.25, 0.3) is 0 Å². The predicted molar refractivity (Wildman–Crippen MR) is 158 cm³/mol. The normalized spacial score (nSPS) is 13.0. The topological polar surface area (TPSA) is 158 Å². The summed E-state index contributed by atoms with van der Waals surface area (Å²) in [7, 11) is 0. The van der Waals surface area contributed by atoms with Crippen LogP contribution < -0.4 is 15.5 Å². The number of H-pyrrole nitrogens is 2. The van der Waals surface area contributed by atoms with Gasteiger partial charge < -0.3 is 15.5 Å². The lowest BCUT2D eigenvalue weighted by molar-refractivity contribution is -0.105. The summed E-state index contributed by atoms with van der Waals surface area (Å²) in [5.41, 5.74) is 2.66. The molecule has 42 heavy (non-hydrogen) atoms. The molecule has 0 radical (unpaired) electrons. The van der Waals surface area contributed by atoms with E-state index in [0.29, 0.717) is 18.0 Å². The van der Waals surface area contributed by atoms with Crippen LogP contribution in [0.5, 0.6) is 0 Å². The Hall–Kier alpha value is -5.76. The van der Waals surface area contributed by atoms with Crippen LogP contribution in [0.2, 0.25) is 0 Å². The summed E-state index contributed by atoms with van der Waals surface area (Å²) in [6, 6.07) is 8.70. The second-order valence-electron chi connectivity index (χ2n) is 8.69. The molecule has 0 aromatic carbocycles. The molecule has 13 nitrogen and oxygen atoms in total. The van der Waals surface area contributed by atoms with Crippen molar-refractivity contribution < 1.29 is 9.18 Å². The summed E-state index contributed by atoms with van der Waals surface area (Å²) in [6.07, 6.45) is 27.8. The maximum absolute atomic E-state index is 12.1. The average Bonchev–Trinajstić information content (AvgIpc) is 3.60. The summed E-state index contributed by atoms with van der Waals surface area (Å²) >= 11 is 0. The highest BCUT2D eigenvalue weighted by Gasteiger charge is 2.26. The number of carbonyl (C=O) groups excluding carboxylic acids is 1. The minimum atomic E-state index is -0.559. The lowest BCUT2D eigenvalue weighted by atomic mass is 10.3. The third kappa shape index (κ3) is 8.89. The SMILES string of the molecule is C#C.C#C.O=CNc1ccc(F)nc1.c1cc2c(Nc3cc(C4CC4)[nH]n3)nc(N3CCCC3)nn2c1.c1cn[nH]n1. The van der Waals surface area contributed by atoms with E-state index < -0.39 is 5.95 Å². The molecule has 1 saturated heterocycles. The van der Waals surface area contributed by atoms with Gasteiger partial charge in [-0.3, -0.25) is 9.89 Å². The molecule has 1 amide bonds. The number of rotatable bonds is 6. The van der Waals surface area contributed by atoms with Crippen LogP contribution in [0.4, 0.5) is 27.7 Å². The molecular formula is C28H31FN12O. The minimum Gasteiger partial charge on any atom is -0.340 e. The lowest BCUT2D eigenvalue weighted by Crippen LogP contribution is -2.22. The number of hydrogen-bond acceptors (Lipinski definition) is 9. The maximum atomic E-state index is 12.1. The number of pyridine rings is 1. The van der Waals surface area contributed by atoms with E-state index in [-0.39, 0.29) is 0 Å². The van der Waals surface area contributed by atoms with Crippen molar-refractivity contribution in [3.63, 3.8) is 0 Å². The van der Waals surface area contributed by atoms with Crippen molar-refractivity contribution in [2.45, 2.75) is 31.6 Å². The molecule has 14 heteroatoms. The quantitative estimate of drug-likeness (QED) is 0.135. The summed E-state index contributed by atoms with van der Waals surface area (Å²) in [6.45, 7) is 2.06. The molecule has 0 unspecified atom stereocenters. The first-order chi connectivity index (χ1) is 20.7. The first kappa shape index (κ1) is 30.8. The number of amides is 1. The van der Waals surface area contributed by atoms with Gasteiger partial charge in [-0.1, -0.05) is 0 Å². The fourth-order valence-electron chi connectivity index (χ4n) is 3.89. The highest BCUT2D eigenvalue weighted by atomic mass is 19.1. The first-order valence-electron chi connectivity index (χ1n) is 12.9. The van der Waals surface area contributed by atoms with Crippen molar-refractivity contribution in [3.05, 3.63) is 66.8 Å². The number of carbonyl (C=O) groups is 1. The van der Waals surface area contributed by atoms with E-state index in [2.05, 4.69) is 83.0 Å². The molecule has 5 aromatic heterocycles. The van der Waals surface area contributed by atoms with Gasteiger partial charge >= 0.3 is 0 Å². The molecule has 4 N–H and O–H groups in total. The number of aromatic amines is 2. The third-order valence-electron chi connectivity index (χ3n) is 5.91. The van der Waals surface area contributed by atoms with Crippen LogP contribution in [0.25, 0.3) is 5.52 Å². The van der Waals surface area contributed by atoms with Crippen LogP contribution >= 0.6 is 0 Å². The molecular weight excluding hydrogens is 539 g/mol. The zero-order chi connectivity index (χ0) is 30.2. The number of hydrogen-bond donors (Lipinski definition) is 4. The fraction of sp³-hybridized carbons (Fsp3) is 0.250. The molecule has 1 saturated carbocycles. The molecule has 1 aliphatic carbocycles. The average molecular weight is 571 g/mol. The van der Waals surface area contributed by atoms with Gasteiger partial charge in [-0.05, 0) is 49.9 Å². The standard InChI is InChI=1S/C16H19N7.C6H5FN2O.C2H3N3.2C2H2/c1-2-8-22(7-1)16-18-15(13-4-3-9-23(13)21-16)17-14-10-12(19-20-14)11-5-6-11;7-6-2-1-5(3-8-6)9-4-10;1-2-4-5-3-1;2*1-2/h3-4,9-11H,1-2,5-8H2,(H2,17,18,19,20,21);1-4H,(H,9,10);1-2H,(H,3,4,5);2*1-2H. The molecule has 2 aliphatic rings. The highest BCUT2D eigenvalue weighted by Crippen LogP contribution is 2.39. The molecule has 6 heterocycles. The smallest absolute Gasteiger partial charge is 0.245 e. The Bertz CT molecular complexity index is 1490. The number of fused-ring (bicyclic) bond motifs is 1. The Morgan fingerprint density at radius 1 is 1.05 bits per heavy atom. The van der Waals surface area contributed by atoms with E-state index in [1.807, 2.05) is 22.8 Å². The maximum Gasteiger partial charge on any atom is 0.245 e. The Morgan fingerprint density at radius 3 is 2.38 bits per heavy atom. The molecule has 2 fully saturated rings. The van der Waals surface area contributed by atoms with E-state index in [9.17, 15) is 9.18 Å². The van der Waals surface area contributed by atoms with Crippen molar-refractivity contribution in [2.75, 3.05) is 28.6 Å². The van der Waals surface area contributed by atoms with E-state index in [1.165, 1.54) is 49.7 Å². The highest BCUT2D eigenvalue weighted by molar-refractivity contribution is 5.73. The van der Waals surface area contributed by atoms with Gasteiger partial charge in [-0.15, -0.1) is 30.8 Å². The van der Waals surface area contributed by atoms with Crippen molar-refractivity contribution in [1.29, 1.82) is 0 Å². The van der Waals surface area contributed by atoms with Gasteiger partial charge in [-0.2, -0.15) is 29.9 Å². The van der Waals surface area contributed by atoms with Crippen LogP contribution in [0.3, 0.4) is 0 Å². The molecule has 0 spiro atoms. The predicted octanol–water partition coefficient (Wildman–Crippen LogP) is 3.77. The molecule has 216 valence electrons. The first-order valence-corrected chi connectivity index (χ1v) is 12.9. The summed E-state index contributed by atoms with van der Waals surface area (Å²) in [4.78, 5) is 20.1. The van der Waals surface area contributed by atoms with Crippen LogP contribution in [-0.4, -0.2) is 64.7 Å². The van der Waals surface area contributed by atoms with Gasteiger partial charge in [-0.25, -0.2) is 9.50 Å². The van der Waals surface area contributed by atoms with Crippen LogP contribution in [0.15, 0.2) is 55.1 Å². The molecule has 7 rings (SSSR count). The molecule has 0 bridgehead atoms. The second-order valence-corrected chi connectivity index (χ2v) is 8.69. The van der Waals surface area contributed by atoms with Gasteiger partial charge in [0.1, 0.15) is 5.52 Å². The van der Waals surface area contributed by atoms with E-state index in [0.717, 1.165) is 36.2 Å². The van der Waals surface area contributed by atoms with Crippen molar-refractivity contribution in [3.8, 4) is 25.7 Å². The Kier molecular flexibility index (Phi) is 12.0. The number of nitrogens with zero attached hydrogens (tertiary/aromatic N) is 8. The molecule has 1 aliphatic heterocycles. The minimum absolute atomic E-state index is 0.483. The Morgan fingerprint density at radius 2 is 1.79 bits per heavy atom. The van der Waals surface area contributed by atoms with Crippen molar-refractivity contribution in [2.24, 2.45) is 0 Å². The summed E-state index contributed by atoms with van der Waals surface area (Å²) < 4.78 is 14.0. The van der Waals surface area contributed by atoms with Gasteiger partial charge in [0.05, 0.1) is 24.3 Å². The number of anilines is 4. The largest absolute Gasteiger partial charge is 0.340 e. The Labute approximate surface area is 242 Å². The van der Waals surface area contributed by atoms with Crippen LogP contribution in [0.1, 0.15) is 37.3 Å². The zero-order valence-corrected chi connectivity index (χ0v) is 22.8. The number of aromatic nitrogens is 9. The monoisotopic (exact) mass is 570 g/mol. The van der Waals surface area contributed by atoms with Gasteiger partial charge in [0.2, 0.25) is 18.3 Å². The third-order valence-corrected chi connectivity index (χ3v) is 5.91. The molecule has 5 aromatic rings. The van der Waals surface area contributed by atoms with Gasteiger partial charge in [0, 0.05) is 37.0 Å². The zero-order valence-electron chi connectivity index (χ0n) is 22.8. The summed E-state index contributed by atoms with van der Waals surface area (Å²) in [5.74, 6) is 2.52. The van der Waals surface area contributed by atoms with E-state index in [1.54, 1.807) is 12.4 Å². The fourth-order valence-corrected chi connectivity index (χ4v) is 3.89. The molecule has 0 atom stereocenters. The van der Waals surface area contributed by atoms with Crippen LogP contribution in [0, 0.1) is 31.6 Å². The van der Waals surface area contributed by atoms with Crippen LogP contribution in [-0.2, 0) is 4.79 Å². The number of nitrogens with one attached hydrogen (secondary N) is 4.